The Labute approximate surface area is 212 Å². The minimum atomic E-state index is -2.85. The van der Waals surface area contributed by atoms with Crippen LogP contribution in [-0.2, 0) is 13.3 Å². The van der Waals surface area contributed by atoms with Crippen molar-refractivity contribution in [3.8, 4) is 6.07 Å². The van der Waals surface area contributed by atoms with Gasteiger partial charge in [-0.15, -0.1) is 0 Å². The van der Waals surface area contributed by atoms with Gasteiger partial charge in [0.1, 0.15) is 17.3 Å². The third-order valence-electron chi connectivity index (χ3n) is 5.61. The standard InChI is InChI=1S/C26H32N4O5Si/c1-4-33-36(34-5-2,35-6-3)16-10-15-29-24-19(17-27)25(31)22-20(28)13-14-21(23(22)26(24)32)30-18-11-8-7-9-12-18/h7-9,11-14,29-30H,4-6,10,15-16,28H2,1-3H3. The Morgan fingerprint density at radius 3 is 2.14 bits per heavy atom. The summed E-state index contributed by atoms with van der Waals surface area (Å²) in [6, 6.07) is 14.9. The molecule has 1 aliphatic carbocycles. The molecule has 36 heavy (non-hydrogen) atoms. The van der Waals surface area contributed by atoms with E-state index in [1.165, 1.54) is 0 Å². The van der Waals surface area contributed by atoms with Gasteiger partial charge < -0.3 is 29.6 Å². The molecule has 2 aromatic rings. The molecule has 0 saturated carbocycles. The minimum Gasteiger partial charge on any atom is -0.398 e. The first-order chi connectivity index (χ1) is 17.4. The number of carbonyl (C=O) groups is 2. The molecule has 9 nitrogen and oxygen atoms in total. The van der Waals surface area contributed by atoms with Gasteiger partial charge in [0, 0.05) is 43.8 Å². The van der Waals surface area contributed by atoms with Crippen LogP contribution in [0.3, 0.4) is 0 Å². The van der Waals surface area contributed by atoms with Crippen LogP contribution in [-0.4, -0.2) is 46.7 Å². The molecule has 0 unspecified atom stereocenters. The second-order valence-electron chi connectivity index (χ2n) is 7.98. The number of nitriles is 1. The summed E-state index contributed by atoms with van der Waals surface area (Å²) >= 11 is 0. The number of nitrogens with one attached hydrogen (secondary N) is 2. The molecular weight excluding hydrogens is 476 g/mol. The molecule has 0 heterocycles. The highest BCUT2D eigenvalue weighted by Gasteiger charge is 2.40. The van der Waals surface area contributed by atoms with E-state index in [4.69, 9.17) is 19.0 Å². The van der Waals surface area contributed by atoms with Gasteiger partial charge >= 0.3 is 8.80 Å². The van der Waals surface area contributed by atoms with Crippen LogP contribution in [0.2, 0.25) is 6.04 Å². The first-order valence-electron chi connectivity index (χ1n) is 12.0. The number of benzene rings is 2. The molecule has 0 saturated heterocycles. The summed E-state index contributed by atoms with van der Waals surface area (Å²) in [6.07, 6.45) is 0.550. The van der Waals surface area contributed by atoms with Gasteiger partial charge in [0.15, 0.2) is 0 Å². The predicted octanol–water partition coefficient (Wildman–Crippen LogP) is 4.20. The maximum atomic E-state index is 13.6. The number of rotatable bonds is 13. The Kier molecular flexibility index (Phi) is 9.38. The fourth-order valence-corrected chi connectivity index (χ4v) is 6.76. The van der Waals surface area contributed by atoms with E-state index in [1.807, 2.05) is 57.2 Å². The summed E-state index contributed by atoms with van der Waals surface area (Å²) < 4.78 is 17.6. The third-order valence-corrected chi connectivity index (χ3v) is 8.77. The van der Waals surface area contributed by atoms with Crippen LogP contribution in [0.5, 0.6) is 0 Å². The first-order valence-corrected chi connectivity index (χ1v) is 14.0. The van der Waals surface area contributed by atoms with Gasteiger partial charge in [0.25, 0.3) is 0 Å². The minimum absolute atomic E-state index is 0.0341. The van der Waals surface area contributed by atoms with Crippen LogP contribution in [0.25, 0.3) is 0 Å². The highest BCUT2D eigenvalue weighted by molar-refractivity contribution is 6.60. The summed E-state index contributed by atoms with van der Waals surface area (Å²) in [7, 11) is -2.85. The van der Waals surface area contributed by atoms with Gasteiger partial charge in [-0.2, -0.15) is 5.26 Å². The number of hydrogen-bond acceptors (Lipinski definition) is 9. The fraction of sp³-hybridized carbons (Fsp3) is 0.346. The lowest BCUT2D eigenvalue weighted by atomic mass is 9.85. The van der Waals surface area contributed by atoms with Crippen LogP contribution in [0, 0.1) is 11.3 Å². The Morgan fingerprint density at radius 2 is 1.56 bits per heavy atom. The number of nitrogens with zero attached hydrogens (tertiary/aromatic N) is 1. The average molecular weight is 509 g/mol. The van der Waals surface area contributed by atoms with Crippen molar-refractivity contribution in [2.75, 3.05) is 37.4 Å². The number of carbonyl (C=O) groups excluding carboxylic acids is 2. The van der Waals surface area contributed by atoms with Crippen LogP contribution in [0.4, 0.5) is 17.1 Å². The Hall–Kier alpha value is -3.49. The number of anilines is 3. The molecule has 190 valence electrons. The van der Waals surface area contributed by atoms with Gasteiger partial charge in [-0.1, -0.05) is 18.2 Å². The summed E-state index contributed by atoms with van der Waals surface area (Å²) in [6.45, 7) is 7.37. The number of nitrogens with two attached hydrogens (primary N) is 1. The van der Waals surface area contributed by atoms with E-state index in [-0.39, 0.29) is 28.1 Å². The van der Waals surface area contributed by atoms with E-state index in [0.717, 1.165) is 5.69 Å². The quantitative estimate of drug-likeness (QED) is 0.207. The number of para-hydroxylation sites is 1. The molecule has 0 amide bonds. The van der Waals surface area contributed by atoms with E-state index in [0.29, 0.717) is 44.5 Å². The van der Waals surface area contributed by atoms with Gasteiger partial charge in [-0.05, 0) is 51.5 Å². The van der Waals surface area contributed by atoms with Crippen LogP contribution >= 0.6 is 0 Å². The van der Waals surface area contributed by atoms with Crippen molar-refractivity contribution in [3.05, 3.63) is 64.9 Å². The molecule has 0 aliphatic heterocycles. The van der Waals surface area contributed by atoms with E-state index < -0.39 is 20.4 Å². The number of allylic oxidation sites excluding steroid dienone is 2. The molecular formula is C26H32N4O5Si. The lowest BCUT2D eigenvalue weighted by Gasteiger charge is -2.28. The van der Waals surface area contributed by atoms with Crippen molar-refractivity contribution in [1.29, 1.82) is 5.26 Å². The summed E-state index contributed by atoms with van der Waals surface area (Å²) in [4.78, 5) is 26.9. The molecule has 2 aromatic carbocycles. The molecule has 0 atom stereocenters. The summed E-state index contributed by atoms with van der Waals surface area (Å²) in [5.41, 5.74) is 7.32. The maximum absolute atomic E-state index is 13.6. The number of ketones is 2. The lowest BCUT2D eigenvalue weighted by Crippen LogP contribution is -2.46. The van der Waals surface area contributed by atoms with Crippen molar-refractivity contribution in [2.24, 2.45) is 0 Å². The predicted molar refractivity (Wildman–Crippen MR) is 140 cm³/mol. The molecule has 0 aromatic heterocycles. The average Bonchev–Trinajstić information content (AvgIpc) is 2.86. The molecule has 0 spiro atoms. The molecule has 0 radical (unpaired) electrons. The molecule has 0 bridgehead atoms. The van der Waals surface area contributed by atoms with Crippen molar-refractivity contribution in [2.45, 2.75) is 33.2 Å². The number of hydrogen-bond donors (Lipinski definition) is 3. The highest BCUT2D eigenvalue weighted by Crippen LogP contribution is 2.35. The Balaban J connectivity index is 1.85. The highest BCUT2D eigenvalue weighted by atomic mass is 28.4. The SMILES string of the molecule is CCO[Si](CCCNC1=C(C#N)C(=O)c2c(N)ccc(Nc3ccccc3)c2C1=O)(OCC)OCC. The maximum Gasteiger partial charge on any atom is 0.500 e. The van der Waals surface area contributed by atoms with Crippen molar-refractivity contribution < 1.29 is 22.9 Å². The Bertz CT molecular complexity index is 1160. The van der Waals surface area contributed by atoms with Crippen molar-refractivity contribution in [3.63, 3.8) is 0 Å². The van der Waals surface area contributed by atoms with Gasteiger partial charge in [-0.3, -0.25) is 9.59 Å². The molecule has 1 aliphatic rings. The third kappa shape index (κ3) is 5.83. The smallest absolute Gasteiger partial charge is 0.398 e. The van der Waals surface area contributed by atoms with Crippen LogP contribution in [0.1, 0.15) is 47.9 Å². The zero-order valence-electron chi connectivity index (χ0n) is 20.8. The zero-order chi connectivity index (χ0) is 26.1. The van der Waals surface area contributed by atoms with Crippen LogP contribution in [0.15, 0.2) is 53.7 Å². The van der Waals surface area contributed by atoms with Gasteiger partial charge in [0.2, 0.25) is 11.6 Å². The topological polar surface area (TPSA) is 136 Å². The number of Topliss-reactive ketones (excluding diaryl/α,β-unsaturated/α-hetero) is 2. The molecule has 0 fully saturated rings. The second-order valence-corrected chi connectivity index (χ2v) is 10.7. The Morgan fingerprint density at radius 1 is 0.917 bits per heavy atom. The van der Waals surface area contributed by atoms with Crippen LogP contribution < -0.4 is 16.4 Å². The largest absolute Gasteiger partial charge is 0.500 e. The van der Waals surface area contributed by atoms with E-state index in [1.54, 1.807) is 12.1 Å². The fourth-order valence-electron chi connectivity index (χ4n) is 4.15. The van der Waals surface area contributed by atoms with E-state index >= 15 is 0 Å². The lowest BCUT2D eigenvalue weighted by molar-refractivity contribution is 0.0708. The van der Waals surface area contributed by atoms with Crippen molar-refractivity contribution >= 4 is 37.4 Å². The normalized spacial score (nSPS) is 13.4. The zero-order valence-corrected chi connectivity index (χ0v) is 21.8. The van der Waals surface area contributed by atoms with E-state index in [9.17, 15) is 14.9 Å². The first kappa shape index (κ1) is 27.1. The number of nitrogen functional groups attached to an aromatic ring is 1. The molecule has 4 N–H and O–H groups in total. The summed E-state index contributed by atoms with van der Waals surface area (Å²) in [5.74, 6) is -1.04. The monoisotopic (exact) mass is 508 g/mol. The van der Waals surface area contributed by atoms with Gasteiger partial charge in [0.05, 0.1) is 16.8 Å². The molecule has 10 heteroatoms. The second kappa shape index (κ2) is 12.5. The van der Waals surface area contributed by atoms with Gasteiger partial charge in [-0.25, -0.2) is 0 Å². The van der Waals surface area contributed by atoms with Crippen molar-refractivity contribution in [1.82, 2.24) is 5.32 Å². The summed E-state index contributed by atoms with van der Waals surface area (Å²) in [5, 5.41) is 15.9. The number of fused-ring (bicyclic) bond motifs is 1. The molecule has 3 rings (SSSR count). The van der Waals surface area contributed by atoms with E-state index in [2.05, 4.69) is 10.6 Å².